The number of fused-ring (bicyclic) bond motifs is 1. The fourth-order valence-electron chi connectivity index (χ4n) is 1.90. The molecule has 2 rings (SSSR count). The maximum Gasteiger partial charge on any atom is 0.306 e. The molecule has 1 unspecified atom stereocenters. The molecule has 0 saturated heterocycles. The first-order valence-corrected chi connectivity index (χ1v) is 6.08. The Morgan fingerprint density at radius 2 is 1.84 bits per heavy atom. The molecule has 0 heterocycles. The minimum absolute atomic E-state index is 0.0292. The predicted molar refractivity (Wildman–Crippen MR) is 74.0 cm³/mol. The molecule has 1 amide bonds. The molecule has 0 radical (unpaired) electrons. The Labute approximate surface area is 111 Å². The number of benzene rings is 2. The number of aliphatic carboxylic acids is 1. The molecule has 0 spiro atoms. The van der Waals surface area contributed by atoms with Gasteiger partial charge < -0.3 is 10.4 Å². The van der Waals surface area contributed by atoms with Crippen molar-refractivity contribution in [2.45, 2.75) is 13.3 Å². The summed E-state index contributed by atoms with van der Waals surface area (Å²) in [6.45, 7) is 1.52. The van der Waals surface area contributed by atoms with Gasteiger partial charge in [-0.15, -0.1) is 0 Å². The van der Waals surface area contributed by atoms with E-state index in [9.17, 15) is 9.59 Å². The van der Waals surface area contributed by atoms with Gasteiger partial charge in [-0.2, -0.15) is 0 Å². The lowest BCUT2D eigenvalue weighted by Gasteiger charge is -2.10. The summed E-state index contributed by atoms with van der Waals surface area (Å²) < 4.78 is 0. The molecule has 0 bridgehead atoms. The second-order valence-electron chi connectivity index (χ2n) is 4.52. The van der Waals surface area contributed by atoms with Crippen LogP contribution in [0.2, 0.25) is 0 Å². The van der Waals surface area contributed by atoms with Crippen molar-refractivity contribution in [3.63, 3.8) is 0 Å². The van der Waals surface area contributed by atoms with Crippen molar-refractivity contribution in [2.24, 2.45) is 5.92 Å². The molecule has 2 aromatic carbocycles. The average Bonchev–Trinajstić information content (AvgIpc) is 2.39. The lowest BCUT2D eigenvalue weighted by atomic mass is 10.1. The summed E-state index contributed by atoms with van der Waals surface area (Å²) in [5.41, 5.74) is 0.709. The first-order chi connectivity index (χ1) is 9.08. The Balaban J connectivity index is 2.17. The third-order valence-electron chi connectivity index (χ3n) is 2.98. The number of carboxylic acid groups (broad SMARTS) is 1. The van der Waals surface area contributed by atoms with Crippen LogP contribution in [0.15, 0.2) is 42.5 Å². The van der Waals surface area contributed by atoms with Crippen LogP contribution in [0.25, 0.3) is 10.8 Å². The first kappa shape index (κ1) is 13.1. The minimum Gasteiger partial charge on any atom is -0.481 e. The van der Waals surface area contributed by atoms with E-state index in [1.54, 1.807) is 0 Å². The van der Waals surface area contributed by atoms with E-state index in [4.69, 9.17) is 5.11 Å². The second-order valence-corrected chi connectivity index (χ2v) is 4.52. The van der Waals surface area contributed by atoms with E-state index in [1.807, 2.05) is 42.5 Å². The van der Waals surface area contributed by atoms with Gasteiger partial charge in [0.15, 0.2) is 0 Å². The van der Waals surface area contributed by atoms with Crippen molar-refractivity contribution in [1.82, 2.24) is 0 Å². The fourth-order valence-corrected chi connectivity index (χ4v) is 1.90. The Morgan fingerprint density at radius 1 is 1.16 bits per heavy atom. The van der Waals surface area contributed by atoms with Crippen molar-refractivity contribution in [2.75, 3.05) is 5.32 Å². The number of hydrogen-bond donors (Lipinski definition) is 2. The molecular weight excluding hydrogens is 242 g/mol. The van der Waals surface area contributed by atoms with Crippen LogP contribution in [-0.2, 0) is 9.59 Å². The van der Waals surface area contributed by atoms with Crippen LogP contribution in [0.1, 0.15) is 13.3 Å². The smallest absolute Gasteiger partial charge is 0.306 e. The van der Waals surface area contributed by atoms with Gasteiger partial charge in [0.05, 0.1) is 5.92 Å². The van der Waals surface area contributed by atoms with Gasteiger partial charge in [-0.25, -0.2) is 0 Å². The van der Waals surface area contributed by atoms with E-state index in [2.05, 4.69) is 5.32 Å². The summed E-state index contributed by atoms with van der Waals surface area (Å²) in [6, 6.07) is 13.4. The van der Waals surface area contributed by atoms with Crippen LogP contribution in [0, 0.1) is 5.92 Å². The fraction of sp³-hybridized carbons (Fsp3) is 0.200. The SMILES string of the molecule is CC(CC(=O)Nc1cccc2ccccc12)C(=O)O. The lowest BCUT2D eigenvalue weighted by molar-refractivity contribution is -0.142. The zero-order valence-corrected chi connectivity index (χ0v) is 10.6. The van der Waals surface area contributed by atoms with E-state index >= 15 is 0 Å². The van der Waals surface area contributed by atoms with Crippen LogP contribution in [0.3, 0.4) is 0 Å². The van der Waals surface area contributed by atoms with Gasteiger partial charge in [-0.05, 0) is 11.5 Å². The number of carbonyl (C=O) groups excluding carboxylic acids is 1. The zero-order chi connectivity index (χ0) is 13.8. The molecule has 0 saturated carbocycles. The molecule has 1 atom stereocenters. The molecule has 19 heavy (non-hydrogen) atoms. The molecular formula is C15H15NO3. The largest absolute Gasteiger partial charge is 0.481 e. The van der Waals surface area contributed by atoms with Gasteiger partial charge in [-0.1, -0.05) is 43.3 Å². The third kappa shape index (κ3) is 3.10. The van der Waals surface area contributed by atoms with Crippen molar-refractivity contribution in [1.29, 1.82) is 0 Å². The Hall–Kier alpha value is -2.36. The van der Waals surface area contributed by atoms with Crippen LogP contribution in [0.4, 0.5) is 5.69 Å². The number of nitrogens with one attached hydrogen (secondary N) is 1. The normalized spacial score (nSPS) is 12.1. The van der Waals surface area contributed by atoms with Crippen molar-refractivity contribution in [3.05, 3.63) is 42.5 Å². The van der Waals surface area contributed by atoms with Gasteiger partial charge in [0, 0.05) is 17.5 Å². The summed E-state index contributed by atoms with van der Waals surface area (Å²) in [5, 5.41) is 13.5. The molecule has 0 fully saturated rings. The monoisotopic (exact) mass is 257 g/mol. The van der Waals surface area contributed by atoms with E-state index < -0.39 is 11.9 Å². The molecule has 98 valence electrons. The van der Waals surface area contributed by atoms with E-state index in [1.165, 1.54) is 6.92 Å². The minimum atomic E-state index is -0.965. The highest BCUT2D eigenvalue weighted by Crippen LogP contribution is 2.23. The highest BCUT2D eigenvalue weighted by atomic mass is 16.4. The number of carbonyl (C=O) groups is 2. The highest BCUT2D eigenvalue weighted by Gasteiger charge is 2.16. The number of rotatable bonds is 4. The van der Waals surface area contributed by atoms with Crippen molar-refractivity contribution >= 4 is 28.3 Å². The van der Waals surface area contributed by atoms with Gasteiger partial charge in [0.1, 0.15) is 0 Å². The van der Waals surface area contributed by atoms with E-state index in [0.29, 0.717) is 5.69 Å². The van der Waals surface area contributed by atoms with Crippen LogP contribution in [0.5, 0.6) is 0 Å². The second kappa shape index (κ2) is 5.52. The first-order valence-electron chi connectivity index (χ1n) is 6.08. The maximum absolute atomic E-state index is 11.8. The van der Waals surface area contributed by atoms with Gasteiger partial charge in [0.2, 0.25) is 5.91 Å². The standard InChI is InChI=1S/C15H15NO3/c1-10(15(18)19)9-14(17)16-13-8-4-6-11-5-2-3-7-12(11)13/h2-8,10H,9H2,1H3,(H,16,17)(H,18,19). The van der Waals surface area contributed by atoms with Crippen LogP contribution < -0.4 is 5.32 Å². The molecule has 0 aliphatic carbocycles. The summed E-state index contributed by atoms with van der Waals surface area (Å²) in [7, 11) is 0. The predicted octanol–water partition coefficient (Wildman–Crippen LogP) is 2.89. The number of hydrogen-bond acceptors (Lipinski definition) is 2. The van der Waals surface area contributed by atoms with E-state index in [-0.39, 0.29) is 12.3 Å². The average molecular weight is 257 g/mol. The number of carboxylic acids is 1. The maximum atomic E-state index is 11.8. The molecule has 0 aromatic heterocycles. The van der Waals surface area contributed by atoms with Crippen molar-refractivity contribution < 1.29 is 14.7 Å². The summed E-state index contributed by atoms with van der Waals surface area (Å²) >= 11 is 0. The molecule has 0 aliphatic rings. The zero-order valence-electron chi connectivity index (χ0n) is 10.6. The van der Waals surface area contributed by atoms with E-state index in [0.717, 1.165) is 10.8 Å². The molecule has 2 aromatic rings. The summed E-state index contributed by atoms with van der Waals surface area (Å²) in [6.07, 6.45) is -0.0292. The number of anilines is 1. The Kier molecular flexibility index (Phi) is 3.80. The summed E-state index contributed by atoms with van der Waals surface area (Å²) in [4.78, 5) is 22.5. The molecule has 0 aliphatic heterocycles. The quantitative estimate of drug-likeness (QED) is 0.885. The van der Waals surface area contributed by atoms with Gasteiger partial charge in [0.25, 0.3) is 0 Å². The topological polar surface area (TPSA) is 66.4 Å². The lowest BCUT2D eigenvalue weighted by Crippen LogP contribution is -2.20. The molecule has 2 N–H and O–H groups in total. The highest BCUT2D eigenvalue weighted by molar-refractivity contribution is 6.02. The van der Waals surface area contributed by atoms with Crippen molar-refractivity contribution in [3.8, 4) is 0 Å². The third-order valence-corrected chi connectivity index (χ3v) is 2.98. The van der Waals surface area contributed by atoms with Gasteiger partial charge in [-0.3, -0.25) is 9.59 Å². The molecule has 4 heteroatoms. The number of amides is 1. The Morgan fingerprint density at radius 3 is 2.58 bits per heavy atom. The molecule has 4 nitrogen and oxygen atoms in total. The van der Waals surface area contributed by atoms with Crippen LogP contribution in [-0.4, -0.2) is 17.0 Å². The summed E-state index contributed by atoms with van der Waals surface area (Å²) in [5.74, 6) is -1.94. The van der Waals surface area contributed by atoms with Crippen LogP contribution >= 0.6 is 0 Å². The Bertz CT molecular complexity index is 616. The van der Waals surface area contributed by atoms with Gasteiger partial charge >= 0.3 is 5.97 Å².